The van der Waals surface area contributed by atoms with Crippen LogP contribution in [0, 0.1) is 0 Å². The van der Waals surface area contributed by atoms with E-state index in [0.29, 0.717) is 41.5 Å². The molecule has 7 heteroatoms. The van der Waals surface area contributed by atoms with Crippen LogP contribution in [-0.4, -0.2) is 44.7 Å². The van der Waals surface area contributed by atoms with Crippen molar-refractivity contribution in [3.63, 3.8) is 0 Å². The van der Waals surface area contributed by atoms with Gasteiger partial charge in [-0.05, 0) is 37.1 Å². The molecular weight excluding hydrogens is 386 g/mol. The number of sulfone groups is 1. The van der Waals surface area contributed by atoms with Crippen molar-refractivity contribution in [3.05, 3.63) is 64.7 Å². The number of hydrogen-bond donors (Lipinski definition) is 0. The summed E-state index contributed by atoms with van der Waals surface area (Å²) in [5.41, 5.74) is 1.05. The fourth-order valence-electron chi connectivity index (χ4n) is 3.33. The van der Waals surface area contributed by atoms with Crippen LogP contribution in [-0.2, 0) is 9.84 Å². The molecule has 2 aromatic rings. The monoisotopic (exact) mass is 407 g/mol. The van der Waals surface area contributed by atoms with Gasteiger partial charge in [0, 0.05) is 18.1 Å². The van der Waals surface area contributed by atoms with Gasteiger partial charge in [0.15, 0.2) is 9.84 Å². The highest BCUT2D eigenvalue weighted by atomic mass is 35.5. The minimum Gasteiger partial charge on any atom is -0.493 e. The van der Waals surface area contributed by atoms with Gasteiger partial charge in [-0.1, -0.05) is 41.9 Å². The molecule has 0 bridgehead atoms. The average molecular weight is 408 g/mol. The van der Waals surface area contributed by atoms with Gasteiger partial charge in [0.1, 0.15) is 5.75 Å². The van der Waals surface area contributed by atoms with Gasteiger partial charge in [-0.3, -0.25) is 4.79 Å². The Kier molecular flexibility index (Phi) is 6.07. The van der Waals surface area contributed by atoms with Crippen molar-refractivity contribution in [1.29, 1.82) is 0 Å². The van der Waals surface area contributed by atoms with Crippen LogP contribution >= 0.6 is 11.6 Å². The Balaban J connectivity index is 1.86. The molecule has 2 aromatic carbocycles. The van der Waals surface area contributed by atoms with E-state index in [9.17, 15) is 13.2 Å². The predicted molar refractivity (Wildman–Crippen MR) is 106 cm³/mol. The zero-order valence-corrected chi connectivity index (χ0v) is 16.7. The lowest BCUT2D eigenvalue weighted by molar-refractivity contribution is 0.0762. The number of amides is 1. The maximum Gasteiger partial charge on any atom is 0.257 e. The quantitative estimate of drug-likeness (QED) is 0.774. The van der Waals surface area contributed by atoms with Crippen LogP contribution < -0.4 is 4.74 Å². The summed E-state index contributed by atoms with van der Waals surface area (Å²) in [5, 5.41) is -0.265. The van der Waals surface area contributed by atoms with Gasteiger partial charge in [-0.25, -0.2) is 8.42 Å². The Hall–Kier alpha value is -2.05. The molecule has 1 atom stereocenters. The van der Waals surface area contributed by atoms with E-state index in [0.717, 1.165) is 0 Å². The second kappa shape index (κ2) is 8.31. The Morgan fingerprint density at radius 3 is 2.59 bits per heavy atom. The predicted octanol–water partition coefficient (Wildman–Crippen LogP) is 3.74. The number of ether oxygens (including phenoxy) is 1. The summed E-state index contributed by atoms with van der Waals surface area (Å²) in [5.74, 6) is 0.208. The highest BCUT2D eigenvalue weighted by molar-refractivity contribution is 7.91. The van der Waals surface area contributed by atoms with Gasteiger partial charge in [0.25, 0.3) is 5.91 Å². The fraction of sp³-hybridized carbons (Fsp3) is 0.350. The summed E-state index contributed by atoms with van der Waals surface area (Å²) in [6.45, 7) is 2.80. The van der Waals surface area contributed by atoms with Crippen molar-refractivity contribution >= 4 is 27.3 Å². The third kappa shape index (κ3) is 4.28. The number of rotatable bonds is 4. The summed E-state index contributed by atoms with van der Waals surface area (Å²) in [6.07, 6.45) is 0.314. The summed E-state index contributed by atoms with van der Waals surface area (Å²) in [6, 6.07) is 14.0. The first-order chi connectivity index (χ1) is 12.9. The molecule has 5 nitrogen and oxygen atoms in total. The van der Waals surface area contributed by atoms with Crippen molar-refractivity contribution in [2.24, 2.45) is 0 Å². The van der Waals surface area contributed by atoms with E-state index in [1.54, 1.807) is 47.4 Å². The first-order valence-corrected chi connectivity index (χ1v) is 11.0. The van der Waals surface area contributed by atoms with Crippen molar-refractivity contribution in [2.75, 3.05) is 25.4 Å². The molecule has 3 rings (SSSR count). The molecule has 1 aliphatic rings. The second-order valence-corrected chi connectivity index (χ2v) is 9.10. The number of nitrogens with zero attached hydrogens (tertiary/aromatic N) is 1. The van der Waals surface area contributed by atoms with E-state index in [2.05, 4.69) is 0 Å². The minimum atomic E-state index is -3.41. The first kappa shape index (κ1) is 19.7. The van der Waals surface area contributed by atoms with Crippen LogP contribution in [0.5, 0.6) is 5.75 Å². The molecule has 0 saturated carbocycles. The van der Waals surface area contributed by atoms with E-state index in [-0.39, 0.29) is 18.2 Å². The first-order valence-electron chi connectivity index (χ1n) is 8.91. The van der Waals surface area contributed by atoms with Crippen LogP contribution in [0.4, 0.5) is 0 Å². The van der Waals surface area contributed by atoms with E-state index in [1.165, 1.54) is 0 Å². The van der Waals surface area contributed by atoms with Gasteiger partial charge >= 0.3 is 0 Å². The fourth-order valence-corrected chi connectivity index (χ4v) is 5.48. The molecule has 1 heterocycles. The smallest absolute Gasteiger partial charge is 0.257 e. The number of halogens is 1. The van der Waals surface area contributed by atoms with Crippen LogP contribution in [0.1, 0.15) is 34.5 Å². The molecule has 144 valence electrons. The van der Waals surface area contributed by atoms with E-state index >= 15 is 0 Å². The van der Waals surface area contributed by atoms with Gasteiger partial charge in [0.2, 0.25) is 0 Å². The largest absolute Gasteiger partial charge is 0.493 e. The summed E-state index contributed by atoms with van der Waals surface area (Å²) >= 11 is 6.23. The molecule has 27 heavy (non-hydrogen) atoms. The maximum absolute atomic E-state index is 13.0. The summed E-state index contributed by atoms with van der Waals surface area (Å²) in [7, 11) is -3.41. The zero-order valence-electron chi connectivity index (χ0n) is 15.1. The molecule has 0 aliphatic carbocycles. The van der Waals surface area contributed by atoms with Gasteiger partial charge in [0.05, 0.1) is 23.2 Å². The van der Waals surface area contributed by atoms with Gasteiger partial charge in [-0.2, -0.15) is 0 Å². The number of benzene rings is 2. The summed E-state index contributed by atoms with van der Waals surface area (Å²) < 4.78 is 31.2. The van der Waals surface area contributed by atoms with E-state index in [4.69, 9.17) is 16.3 Å². The molecule has 0 N–H and O–H groups in total. The lowest BCUT2D eigenvalue weighted by Crippen LogP contribution is -2.33. The van der Waals surface area contributed by atoms with Crippen LogP contribution in [0.25, 0.3) is 0 Å². The highest BCUT2D eigenvalue weighted by Gasteiger charge is 2.34. The Morgan fingerprint density at radius 1 is 1.15 bits per heavy atom. The Bertz CT molecular complexity index is 929. The Morgan fingerprint density at radius 2 is 1.85 bits per heavy atom. The second-order valence-electron chi connectivity index (χ2n) is 6.39. The van der Waals surface area contributed by atoms with Crippen LogP contribution in [0.2, 0.25) is 5.02 Å². The molecule has 0 radical (unpaired) electrons. The number of para-hydroxylation sites is 1. The highest BCUT2D eigenvalue weighted by Crippen LogP contribution is 2.34. The van der Waals surface area contributed by atoms with Crippen molar-refractivity contribution in [1.82, 2.24) is 4.90 Å². The van der Waals surface area contributed by atoms with Crippen LogP contribution in [0.3, 0.4) is 0 Å². The molecule has 1 amide bonds. The number of carbonyl (C=O) groups is 1. The topological polar surface area (TPSA) is 63.7 Å². The lowest BCUT2D eigenvalue weighted by atomic mass is 10.1. The maximum atomic E-state index is 13.0. The standard InChI is InChI=1S/C20H22ClNO4S/c1-2-26-18-10-6-4-8-16(18)20(23)22-12-11-19(27(24,25)14-13-22)15-7-3-5-9-17(15)21/h3-10,19H,2,11-14H2,1H3. The molecular formula is C20H22ClNO4S. The van der Waals surface area contributed by atoms with E-state index in [1.807, 2.05) is 13.0 Å². The van der Waals surface area contributed by atoms with Gasteiger partial charge in [-0.15, -0.1) is 0 Å². The summed E-state index contributed by atoms with van der Waals surface area (Å²) in [4.78, 5) is 14.6. The van der Waals surface area contributed by atoms with Gasteiger partial charge < -0.3 is 9.64 Å². The number of hydrogen-bond acceptors (Lipinski definition) is 4. The zero-order chi connectivity index (χ0) is 19.4. The van der Waals surface area contributed by atoms with Crippen molar-refractivity contribution < 1.29 is 17.9 Å². The van der Waals surface area contributed by atoms with Crippen molar-refractivity contribution in [3.8, 4) is 5.75 Å². The van der Waals surface area contributed by atoms with Crippen molar-refractivity contribution in [2.45, 2.75) is 18.6 Å². The average Bonchev–Trinajstić information content (AvgIpc) is 2.81. The van der Waals surface area contributed by atoms with E-state index < -0.39 is 15.1 Å². The molecule has 0 spiro atoms. The molecule has 1 aliphatic heterocycles. The molecule has 0 aromatic heterocycles. The SMILES string of the molecule is CCOc1ccccc1C(=O)N1CCC(c2ccccc2Cl)S(=O)(=O)CC1. The Labute approximate surface area is 164 Å². The van der Waals surface area contributed by atoms with Crippen LogP contribution in [0.15, 0.2) is 48.5 Å². The normalized spacial score (nSPS) is 19.3. The number of carbonyl (C=O) groups excluding carboxylic acids is 1. The third-order valence-corrected chi connectivity index (χ3v) is 7.15. The lowest BCUT2D eigenvalue weighted by Gasteiger charge is -2.21. The molecule has 1 unspecified atom stereocenters. The molecule has 1 saturated heterocycles. The minimum absolute atomic E-state index is 0.0918. The molecule has 1 fully saturated rings. The third-order valence-electron chi connectivity index (χ3n) is 4.70.